The van der Waals surface area contributed by atoms with Crippen molar-refractivity contribution in [3.63, 3.8) is 0 Å². The first-order valence-electron chi connectivity index (χ1n) is 6.87. The second kappa shape index (κ2) is 4.10. The Bertz CT molecular complexity index is 770. The van der Waals surface area contributed by atoms with E-state index in [2.05, 4.69) is 5.10 Å². The summed E-state index contributed by atoms with van der Waals surface area (Å²) in [5.74, 6) is -0.928. The molecule has 0 spiro atoms. The Kier molecular flexibility index (Phi) is 2.52. The molecular weight excluding hydrogens is 292 g/mol. The molecule has 1 heterocycles. The Morgan fingerprint density at radius 3 is 2.95 bits per heavy atom. The quantitative estimate of drug-likeness (QED) is 0.868. The zero-order valence-corrected chi connectivity index (χ0v) is 12.0. The van der Waals surface area contributed by atoms with Crippen molar-refractivity contribution < 1.29 is 8.78 Å². The van der Waals surface area contributed by atoms with Crippen LogP contribution < -0.4 is 5.73 Å². The molecule has 2 N–H and O–H groups in total. The lowest BCUT2D eigenvalue weighted by atomic mass is 9.81. The van der Waals surface area contributed by atoms with Gasteiger partial charge in [-0.05, 0) is 31.4 Å². The predicted molar refractivity (Wildman–Crippen MR) is 78.5 cm³/mol. The molecule has 4 rings (SSSR count). The Morgan fingerprint density at radius 1 is 1.43 bits per heavy atom. The van der Waals surface area contributed by atoms with E-state index in [1.165, 1.54) is 12.1 Å². The van der Waals surface area contributed by atoms with Crippen molar-refractivity contribution in [3.05, 3.63) is 47.3 Å². The molecule has 2 aliphatic rings. The summed E-state index contributed by atoms with van der Waals surface area (Å²) in [6.45, 7) is 0. The highest BCUT2D eigenvalue weighted by atomic mass is 32.1. The van der Waals surface area contributed by atoms with Crippen LogP contribution in [0.2, 0.25) is 0 Å². The smallest absolute Gasteiger partial charge is 0.151 e. The van der Waals surface area contributed by atoms with Crippen LogP contribution in [0.25, 0.3) is 5.69 Å². The van der Waals surface area contributed by atoms with E-state index in [-0.39, 0.29) is 17.0 Å². The maximum atomic E-state index is 14.0. The van der Waals surface area contributed by atoms with Gasteiger partial charge in [0, 0.05) is 23.0 Å². The lowest BCUT2D eigenvalue weighted by Gasteiger charge is -2.25. The van der Waals surface area contributed by atoms with Gasteiger partial charge < -0.3 is 5.73 Å². The first kappa shape index (κ1) is 12.9. The molecule has 1 saturated carbocycles. The van der Waals surface area contributed by atoms with Crippen molar-refractivity contribution in [2.75, 3.05) is 0 Å². The number of benzene rings is 1. The van der Waals surface area contributed by atoms with Gasteiger partial charge >= 0.3 is 0 Å². The highest BCUT2D eigenvalue weighted by molar-refractivity contribution is 7.80. The molecule has 2 bridgehead atoms. The second-order valence-corrected chi connectivity index (χ2v) is 6.28. The summed E-state index contributed by atoms with van der Waals surface area (Å²) >= 11 is 5.26. The molecule has 108 valence electrons. The molecule has 3 nitrogen and oxygen atoms in total. The molecule has 1 aromatic carbocycles. The molecule has 1 aromatic heterocycles. The molecule has 0 saturated heterocycles. The zero-order valence-electron chi connectivity index (χ0n) is 11.1. The minimum absolute atomic E-state index is 0.267. The van der Waals surface area contributed by atoms with Crippen LogP contribution in [0.15, 0.2) is 24.4 Å². The molecule has 2 unspecified atom stereocenters. The lowest BCUT2D eigenvalue weighted by Crippen LogP contribution is -2.36. The molecule has 21 heavy (non-hydrogen) atoms. The fraction of sp³-hybridized carbons (Fsp3) is 0.333. The number of nitrogens with two attached hydrogens (primary N) is 1. The van der Waals surface area contributed by atoms with E-state index in [0.717, 1.165) is 36.6 Å². The monoisotopic (exact) mass is 305 g/mol. The molecular formula is C15H13F2N3S. The standard InChI is InChI=1S/C15H13F2N3S/c16-9-1-2-12(11(17)5-9)20-13-8-3-4-15(6-8,14(18)21)10(13)7-19-20/h1-2,5,7-8H,3-4,6H2,(H2,18,21). The van der Waals surface area contributed by atoms with Crippen LogP contribution in [0.4, 0.5) is 8.78 Å². The maximum absolute atomic E-state index is 14.0. The van der Waals surface area contributed by atoms with Crippen molar-refractivity contribution in [1.82, 2.24) is 9.78 Å². The Labute approximate surface area is 125 Å². The number of halogens is 2. The first-order chi connectivity index (χ1) is 10.0. The highest BCUT2D eigenvalue weighted by Gasteiger charge is 2.53. The number of hydrogen-bond donors (Lipinski definition) is 1. The summed E-state index contributed by atoms with van der Waals surface area (Å²) in [6.07, 6.45) is 4.51. The van der Waals surface area contributed by atoms with Crippen LogP contribution in [0.3, 0.4) is 0 Å². The molecule has 2 atom stereocenters. The summed E-state index contributed by atoms with van der Waals surface area (Å²) in [5, 5.41) is 4.31. The normalized spacial score (nSPS) is 26.1. The summed E-state index contributed by atoms with van der Waals surface area (Å²) < 4.78 is 28.7. The van der Waals surface area contributed by atoms with Crippen molar-refractivity contribution in [2.24, 2.45) is 5.73 Å². The van der Waals surface area contributed by atoms with Gasteiger partial charge in [-0.3, -0.25) is 0 Å². The Morgan fingerprint density at radius 2 is 2.24 bits per heavy atom. The van der Waals surface area contributed by atoms with Crippen LogP contribution in [-0.4, -0.2) is 14.8 Å². The van der Waals surface area contributed by atoms with Crippen molar-refractivity contribution in [1.29, 1.82) is 0 Å². The van der Waals surface area contributed by atoms with Gasteiger partial charge in [0.15, 0.2) is 5.82 Å². The van der Waals surface area contributed by atoms with E-state index in [0.29, 0.717) is 4.99 Å². The third-order valence-electron chi connectivity index (χ3n) is 4.83. The summed E-state index contributed by atoms with van der Waals surface area (Å²) in [7, 11) is 0. The average Bonchev–Trinajstić information content (AvgIpc) is 3.09. The summed E-state index contributed by atoms with van der Waals surface area (Å²) in [4.78, 5) is 0.489. The minimum atomic E-state index is -0.618. The van der Waals surface area contributed by atoms with Gasteiger partial charge in [-0.25, -0.2) is 13.5 Å². The molecule has 0 amide bonds. The van der Waals surface area contributed by atoms with Gasteiger partial charge in [0.05, 0.1) is 16.9 Å². The maximum Gasteiger partial charge on any atom is 0.151 e. The summed E-state index contributed by atoms with van der Waals surface area (Å²) in [5.41, 5.74) is 7.91. The van der Waals surface area contributed by atoms with Crippen molar-refractivity contribution in [3.8, 4) is 5.69 Å². The van der Waals surface area contributed by atoms with Gasteiger partial charge in [0.2, 0.25) is 0 Å². The van der Waals surface area contributed by atoms with E-state index in [1.54, 1.807) is 10.9 Å². The Hall–Kier alpha value is -1.82. The third kappa shape index (κ3) is 1.56. The summed E-state index contributed by atoms with van der Waals surface area (Å²) in [6, 6.07) is 3.53. The number of hydrogen-bond acceptors (Lipinski definition) is 2. The number of rotatable bonds is 2. The average molecular weight is 305 g/mol. The number of nitrogens with zero attached hydrogens (tertiary/aromatic N) is 2. The van der Waals surface area contributed by atoms with Crippen molar-refractivity contribution in [2.45, 2.75) is 30.6 Å². The zero-order chi connectivity index (χ0) is 14.8. The van der Waals surface area contributed by atoms with E-state index >= 15 is 0 Å². The second-order valence-electron chi connectivity index (χ2n) is 5.84. The van der Waals surface area contributed by atoms with Crippen LogP contribution in [0, 0.1) is 11.6 Å². The molecule has 1 fully saturated rings. The largest absolute Gasteiger partial charge is 0.393 e. The number of fused-ring (bicyclic) bond motifs is 5. The van der Waals surface area contributed by atoms with Crippen LogP contribution in [-0.2, 0) is 5.41 Å². The first-order valence-corrected chi connectivity index (χ1v) is 7.27. The van der Waals surface area contributed by atoms with E-state index in [9.17, 15) is 8.78 Å². The van der Waals surface area contributed by atoms with Gasteiger partial charge in [-0.15, -0.1) is 0 Å². The number of aromatic nitrogens is 2. The molecule has 6 heteroatoms. The van der Waals surface area contributed by atoms with E-state index in [1.807, 2.05) is 0 Å². The SMILES string of the molecule is NC(=S)C12CCC(C1)c1c2cnn1-c1ccc(F)cc1F. The van der Waals surface area contributed by atoms with E-state index in [4.69, 9.17) is 18.0 Å². The highest BCUT2D eigenvalue weighted by Crippen LogP contribution is 2.57. The molecule has 2 aromatic rings. The molecule has 0 radical (unpaired) electrons. The minimum Gasteiger partial charge on any atom is -0.393 e. The van der Waals surface area contributed by atoms with Crippen molar-refractivity contribution >= 4 is 17.2 Å². The van der Waals surface area contributed by atoms with Gasteiger partial charge in [0.25, 0.3) is 0 Å². The van der Waals surface area contributed by atoms with Gasteiger partial charge in [-0.2, -0.15) is 5.10 Å². The van der Waals surface area contributed by atoms with Crippen LogP contribution in [0.5, 0.6) is 0 Å². The Balaban J connectivity index is 1.91. The van der Waals surface area contributed by atoms with Crippen LogP contribution in [0.1, 0.15) is 36.4 Å². The third-order valence-corrected chi connectivity index (χ3v) is 5.22. The van der Waals surface area contributed by atoms with Gasteiger partial charge in [0.1, 0.15) is 11.5 Å². The predicted octanol–water partition coefficient (Wildman–Crippen LogP) is 2.96. The molecule has 2 aliphatic carbocycles. The van der Waals surface area contributed by atoms with Crippen LogP contribution >= 0.6 is 12.2 Å². The van der Waals surface area contributed by atoms with E-state index < -0.39 is 11.6 Å². The number of thiocarbonyl (C=S) groups is 1. The topological polar surface area (TPSA) is 43.8 Å². The fourth-order valence-corrected chi connectivity index (χ4v) is 4.14. The van der Waals surface area contributed by atoms with Gasteiger partial charge in [-0.1, -0.05) is 12.2 Å². The lowest BCUT2D eigenvalue weighted by molar-refractivity contribution is 0.566. The molecule has 0 aliphatic heterocycles. The fourth-order valence-electron chi connectivity index (χ4n) is 3.84.